The molecule has 0 aromatic carbocycles. The van der Waals surface area contributed by atoms with E-state index in [0.29, 0.717) is 6.54 Å². The molecule has 0 bridgehead atoms. The second-order valence-electron chi connectivity index (χ2n) is 6.38. The van der Waals surface area contributed by atoms with Gasteiger partial charge < -0.3 is 15.3 Å². The normalized spacial score (nSPS) is 25.5. The highest BCUT2D eigenvalue weighted by Crippen LogP contribution is 2.36. The van der Waals surface area contributed by atoms with Gasteiger partial charge in [0, 0.05) is 25.3 Å². The van der Waals surface area contributed by atoms with E-state index >= 15 is 0 Å². The molecule has 6 heteroatoms. The first-order chi connectivity index (χ1) is 10.00. The molecule has 2 rings (SSSR count). The summed E-state index contributed by atoms with van der Waals surface area (Å²) in [5.41, 5.74) is 0. The molecule has 2 fully saturated rings. The molecule has 1 atom stereocenters. The number of piperidine rings is 1. The quantitative estimate of drug-likeness (QED) is 0.814. The van der Waals surface area contributed by atoms with Crippen molar-refractivity contribution in [1.29, 1.82) is 0 Å². The number of nitrogens with one attached hydrogen (secondary N) is 1. The fourth-order valence-electron chi connectivity index (χ4n) is 3.22. The molecule has 0 spiro atoms. The van der Waals surface area contributed by atoms with Crippen LogP contribution in [0.15, 0.2) is 0 Å². The summed E-state index contributed by atoms with van der Waals surface area (Å²) in [7, 11) is 0. The van der Waals surface area contributed by atoms with Crippen molar-refractivity contribution in [2.75, 3.05) is 26.2 Å². The van der Waals surface area contributed by atoms with Crippen LogP contribution in [0.1, 0.15) is 44.9 Å². The minimum atomic E-state index is -2.61. The van der Waals surface area contributed by atoms with Gasteiger partial charge in [-0.2, -0.15) is 0 Å². The molecule has 0 aromatic heterocycles. The minimum absolute atomic E-state index is 0.106. The maximum atomic E-state index is 13.1. The number of alkyl halides is 2. The van der Waals surface area contributed by atoms with Gasteiger partial charge in [-0.05, 0) is 38.8 Å². The average molecular weight is 304 g/mol. The Kier molecular flexibility index (Phi) is 5.93. The van der Waals surface area contributed by atoms with Crippen molar-refractivity contribution in [2.24, 2.45) is 5.92 Å². The first kappa shape index (κ1) is 16.6. The van der Waals surface area contributed by atoms with Crippen LogP contribution in [0.3, 0.4) is 0 Å². The van der Waals surface area contributed by atoms with E-state index < -0.39 is 5.92 Å². The first-order valence-corrected chi connectivity index (χ1v) is 8.01. The molecule has 2 aliphatic rings. The minimum Gasteiger partial charge on any atom is -0.394 e. The Bertz CT molecular complexity index is 337. The first-order valence-electron chi connectivity index (χ1n) is 8.01. The molecule has 1 saturated carbocycles. The molecular formula is C15H26F2N2O2. The molecule has 0 aromatic rings. The smallest absolute Gasteiger partial charge is 0.248 e. The average Bonchev–Trinajstić information content (AvgIpc) is 2.47. The van der Waals surface area contributed by atoms with Crippen molar-refractivity contribution < 1.29 is 18.7 Å². The van der Waals surface area contributed by atoms with Crippen LogP contribution in [-0.4, -0.2) is 54.1 Å². The Morgan fingerprint density at radius 2 is 1.86 bits per heavy atom. The van der Waals surface area contributed by atoms with Gasteiger partial charge in [0.1, 0.15) is 0 Å². The van der Waals surface area contributed by atoms with Crippen molar-refractivity contribution in [3.8, 4) is 0 Å². The highest BCUT2D eigenvalue weighted by Gasteiger charge is 2.37. The molecule has 1 saturated heterocycles. The van der Waals surface area contributed by atoms with E-state index in [2.05, 4.69) is 10.2 Å². The third-order valence-electron chi connectivity index (χ3n) is 4.58. The molecule has 4 nitrogen and oxygen atoms in total. The summed E-state index contributed by atoms with van der Waals surface area (Å²) in [6.07, 6.45) is 3.61. The summed E-state index contributed by atoms with van der Waals surface area (Å²) < 4.78 is 26.2. The lowest BCUT2D eigenvalue weighted by molar-refractivity contribution is -0.130. The highest BCUT2D eigenvalue weighted by molar-refractivity contribution is 5.79. The number of aliphatic hydroxyl groups is 1. The fraction of sp³-hybridized carbons (Fsp3) is 0.933. The fourth-order valence-corrected chi connectivity index (χ4v) is 3.22. The zero-order valence-electron chi connectivity index (χ0n) is 12.5. The van der Waals surface area contributed by atoms with E-state index in [0.717, 1.165) is 25.9 Å². The van der Waals surface area contributed by atoms with E-state index in [4.69, 9.17) is 0 Å². The van der Waals surface area contributed by atoms with Crippen molar-refractivity contribution in [1.82, 2.24) is 10.2 Å². The van der Waals surface area contributed by atoms with Gasteiger partial charge in [0.25, 0.3) is 0 Å². The number of likely N-dealkylation sites (tertiary alicyclic amines) is 1. The lowest BCUT2D eigenvalue weighted by Gasteiger charge is -2.32. The van der Waals surface area contributed by atoms with E-state index in [1.807, 2.05) is 0 Å². The van der Waals surface area contributed by atoms with Crippen LogP contribution >= 0.6 is 0 Å². The second-order valence-corrected chi connectivity index (χ2v) is 6.38. The second kappa shape index (κ2) is 7.49. The van der Waals surface area contributed by atoms with Crippen LogP contribution in [0, 0.1) is 5.92 Å². The third-order valence-corrected chi connectivity index (χ3v) is 4.58. The number of hydrogen-bond acceptors (Lipinski definition) is 3. The predicted octanol–water partition coefficient (Wildman–Crippen LogP) is 1.77. The summed E-state index contributed by atoms with van der Waals surface area (Å²) in [4.78, 5) is 14.4. The standard InChI is InChI=1S/C15H26F2N2O2/c16-15(17)6-4-12(5-7-15)14(21)18-13(11-20)10-19-8-2-1-3-9-19/h12-13,20H,1-11H2,(H,18,21)/t13-/m1/s1. The molecule has 0 radical (unpaired) electrons. The van der Waals surface area contributed by atoms with Crippen LogP contribution in [0.25, 0.3) is 0 Å². The van der Waals surface area contributed by atoms with Gasteiger partial charge in [-0.15, -0.1) is 0 Å². The van der Waals surface area contributed by atoms with Gasteiger partial charge in [-0.1, -0.05) is 6.42 Å². The SMILES string of the molecule is O=C(N[C@@H](CO)CN1CCCCC1)C1CCC(F)(F)CC1. The van der Waals surface area contributed by atoms with Gasteiger partial charge in [-0.3, -0.25) is 4.79 Å². The van der Waals surface area contributed by atoms with Gasteiger partial charge in [0.15, 0.2) is 0 Å². The van der Waals surface area contributed by atoms with Crippen LogP contribution in [0.2, 0.25) is 0 Å². The number of carbonyl (C=O) groups is 1. The highest BCUT2D eigenvalue weighted by atomic mass is 19.3. The molecule has 1 amide bonds. The van der Waals surface area contributed by atoms with E-state index in [-0.39, 0.29) is 50.2 Å². The van der Waals surface area contributed by atoms with E-state index in [1.165, 1.54) is 6.42 Å². The van der Waals surface area contributed by atoms with Gasteiger partial charge in [0.05, 0.1) is 12.6 Å². The summed E-state index contributed by atoms with van der Waals surface area (Å²) in [5, 5.41) is 12.3. The summed E-state index contributed by atoms with van der Waals surface area (Å²) >= 11 is 0. The molecule has 21 heavy (non-hydrogen) atoms. The molecule has 2 N–H and O–H groups in total. The number of halogens is 2. The van der Waals surface area contributed by atoms with Crippen molar-refractivity contribution in [3.05, 3.63) is 0 Å². The number of hydrogen-bond donors (Lipinski definition) is 2. The number of rotatable bonds is 5. The van der Waals surface area contributed by atoms with Crippen molar-refractivity contribution >= 4 is 5.91 Å². The molecule has 1 aliphatic heterocycles. The molecule has 122 valence electrons. The summed E-state index contributed by atoms with van der Waals surface area (Å²) in [5.74, 6) is -3.12. The number of aliphatic hydroxyl groups excluding tert-OH is 1. The largest absolute Gasteiger partial charge is 0.394 e. The maximum absolute atomic E-state index is 13.1. The van der Waals surface area contributed by atoms with Crippen molar-refractivity contribution in [2.45, 2.75) is 56.9 Å². The van der Waals surface area contributed by atoms with Crippen LogP contribution < -0.4 is 5.32 Å². The topological polar surface area (TPSA) is 52.6 Å². The molecule has 0 unspecified atom stereocenters. The zero-order valence-corrected chi connectivity index (χ0v) is 12.5. The molecular weight excluding hydrogens is 278 g/mol. The Balaban J connectivity index is 1.76. The molecule has 1 heterocycles. The maximum Gasteiger partial charge on any atom is 0.248 e. The van der Waals surface area contributed by atoms with E-state index in [1.54, 1.807) is 0 Å². The molecule has 1 aliphatic carbocycles. The lowest BCUT2D eigenvalue weighted by atomic mass is 9.86. The van der Waals surface area contributed by atoms with Crippen LogP contribution in [-0.2, 0) is 4.79 Å². The number of carbonyl (C=O) groups excluding carboxylic acids is 1. The lowest BCUT2D eigenvalue weighted by Crippen LogP contribution is -2.49. The Hall–Kier alpha value is -0.750. The monoisotopic (exact) mass is 304 g/mol. The Morgan fingerprint density at radius 1 is 1.24 bits per heavy atom. The van der Waals surface area contributed by atoms with Crippen molar-refractivity contribution in [3.63, 3.8) is 0 Å². The number of nitrogens with zero attached hydrogens (tertiary/aromatic N) is 1. The third kappa shape index (κ3) is 5.18. The van der Waals surface area contributed by atoms with Gasteiger partial charge in [0.2, 0.25) is 11.8 Å². The number of amides is 1. The Labute approximate surface area is 124 Å². The van der Waals surface area contributed by atoms with Gasteiger partial charge in [-0.25, -0.2) is 8.78 Å². The predicted molar refractivity (Wildman–Crippen MR) is 76.2 cm³/mol. The Morgan fingerprint density at radius 3 is 2.43 bits per heavy atom. The van der Waals surface area contributed by atoms with E-state index in [9.17, 15) is 18.7 Å². The van der Waals surface area contributed by atoms with Crippen LogP contribution in [0.5, 0.6) is 0 Å². The van der Waals surface area contributed by atoms with Gasteiger partial charge >= 0.3 is 0 Å². The van der Waals surface area contributed by atoms with Crippen LogP contribution in [0.4, 0.5) is 8.78 Å². The summed E-state index contributed by atoms with van der Waals surface area (Å²) in [6, 6.07) is -0.293. The zero-order chi connectivity index (χ0) is 15.3. The summed E-state index contributed by atoms with van der Waals surface area (Å²) in [6.45, 7) is 2.54.